The van der Waals surface area contributed by atoms with Crippen LogP contribution >= 0.6 is 11.8 Å². The number of hydrogen-bond donors (Lipinski definition) is 1. The van der Waals surface area contributed by atoms with E-state index in [4.69, 9.17) is 9.84 Å². The molecule has 5 atom stereocenters. The lowest BCUT2D eigenvalue weighted by molar-refractivity contribution is -0.153. The quantitative estimate of drug-likeness (QED) is 0.196. The molecule has 2 bridgehead atoms. The molecule has 0 radical (unpaired) electrons. The van der Waals surface area contributed by atoms with Gasteiger partial charge in [0.1, 0.15) is 12.6 Å². The minimum Gasteiger partial charge on any atom is -0.461 e. The number of likely N-dealkylation sites (tertiary alicyclic amines) is 1. The highest BCUT2D eigenvalue weighted by Crippen LogP contribution is 2.66. The number of ether oxygens (including phenoxy) is 1. The molecule has 3 aliphatic heterocycles. The Kier molecular flexibility index (Phi) is 10.3. The van der Waals surface area contributed by atoms with Gasteiger partial charge in [-0.3, -0.25) is 14.4 Å². The zero-order chi connectivity index (χ0) is 25.4. The van der Waals surface area contributed by atoms with Crippen molar-refractivity contribution in [3.8, 4) is 0 Å². The molecule has 2 amide bonds. The highest BCUT2D eigenvalue weighted by atomic mass is 32.2. The Morgan fingerprint density at radius 2 is 1.97 bits per heavy atom. The molecule has 3 rings (SSSR count). The van der Waals surface area contributed by atoms with Crippen molar-refractivity contribution >= 4 is 29.5 Å². The van der Waals surface area contributed by atoms with E-state index in [-0.39, 0.29) is 36.2 Å². The summed E-state index contributed by atoms with van der Waals surface area (Å²) < 4.78 is 4.84. The fraction of sp³-hybridized carbons (Fsp3) is 0.741. The van der Waals surface area contributed by atoms with Crippen molar-refractivity contribution in [2.24, 2.45) is 11.8 Å². The summed E-state index contributed by atoms with van der Waals surface area (Å²) in [6, 6.07) is -0.563. The number of unbranched alkanes of at least 4 members (excludes halogenated alkanes) is 5. The normalized spacial score (nSPS) is 28.7. The minimum atomic E-state index is -0.577. The molecule has 0 saturated carbocycles. The maximum atomic E-state index is 14.1. The average Bonchev–Trinajstić information content (AvgIpc) is 3.49. The summed E-state index contributed by atoms with van der Waals surface area (Å²) >= 11 is 1.68. The lowest BCUT2D eigenvalue weighted by Crippen LogP contribution is -2.55. The summed E-state index contributed by atoms with van der Waals surface area (Å²) in [6.07, 6.45) is 11.2. The summed E-state index contributed by atoms with van der Waals surface area (Å²) in [4.78, 5) is 44.6. The molecule has 0 aromatic heterocycles. The molecule has 3 heterocycles. The maximum Gasteiger partial charge on any atom is 0.311 e. The molecule has 7 nitrogen and oxygen atoms in total. The largest absolute Gasteiger partial charge is 0.461 e. The number of amides is 2. The van der Waals surface area contributed by atoms with Gasteiger partial charge in [-0.2, -0.15) is 0 Å². The standard InChI is InChI=1S/C27H42N2O5S/c1-4-7-10-16-28(15-5-2)25(32)23-27-14-13-20(35-27)21(26(33)34-19-6-3)22(27)24(31)29(23)17-11-8-9-12-18-30/h5-6,20-23,30H,2-4,7-19H2,1H3/t20-,21+,22+,23?,27?/m1/s1. The summed E-state index contributed by atoms with van der Waals surface area (Å²) in [6.45, 7) is 11.5. The Balaban J connectivity index is 1.89. The highest BCUT2D eigenvalue weighted by molar-refractivity contribution is 8.02. The fourth-order valence-electron chi connectivity index (χ4n) is 6.10. The van der Waals surface area contributed by atoms with Crippen LogP contribution in [0.3, 0.4) is 0 Å². The van der Waals surface area contributed by atoms with Gasteiger partial charge in [-0.1, -0.05) is 51.3 Å². The molecule has 3 aliphatic rings. The molecular formula is C27H42N2O5S. The lowest BCUT2D eigenvalue weighted by Gasteiger charge is -2.37. The molecule has 0 aromatic rings. The van der Waals surface area contributed by atoms with Crippen molar-refractivity contribution < 1.29 is 24.2 Å². The number of carbonyl (C=O) groups excluding carboxylic acids is 3. The number of aliphatic hydroxyl groups is 1. The summed E-state index contributed by atoms with van der Waals surface area (Å²) in [5, 5.41) is 9.09. The van der Waals surface area contributed by atoms with Gasteiger partial charge >= 0.3 is 5.97 Å². The molecule has 2 unspecified atom stereocenters. The van der Waals surface area contributed by atoms with Gasteiger partial charge in [-0.25, -0.2) is 0 Å². The molecule has 196 valence electrons. The van der Waals surface area contributed by atoms with Crippen LogP contribution in [0.5, 0.6) is 0 Å². The van der Waals surface area contributed by atoms with Crippen LogP contribution in [-0.4, -0.2) is 81.6 Å². The lowest BCUT2D eigenvalue weighted by atomic mass is 9.71. The predicted octanol–water partition coefficient (Wildman–Crippen LogP) is 3.56. The van der Waals surface area contributed by atoms with Gasteiger partial charge in [0.15, 0.2) is 0 Å². The van der Waals surface area contributed by atoms with Crippen LogP contribution in [0, 0.1) is 11.8 Å². The van der Waals surface area contributed by atoms with Gasteiger partial charge < -0.3 is 19.6 Å². The third-order valence-corrected chi connectivity index (χ3v) is 9.60. The van der Waals surface area contributed by atoms with Crippen molar-refractivity contribution in [2.45, 2.75) is 80.7 Å². The van der Waals surface area contributed by atoms with Gasteiger partial charge in [0.05, 0.1) is 16.6 Å². The number of aliphatic hydroxyl groups excluding tert-OH is 1. The zero-order valence-electron chi connectivity index (χ0n) is 21.2. The van der Waals surface area contributed by atoms with Crippen molar-refractivity contribution in [2.75, 3.05) is 32.8 Å². The molecule has 1 N–H and O–H groups in total. The van der Waals surface area contributed by atoms with Crippen LogP contribution in [0.1, 0.15) is 64.7 Å². The van der Waals surface area contributed by atoms with Gasteiger partial charge in [0.25, 0.3) is 0 Å². The maximum absolute atomic E-state index is 14.1. The topological polar surface area (TPSA) is 87.1 Å². The van der Waals surface area contributed by atoms with E-state index in [1.54, 1.807) is 28.8 Å². The van der Waals surface area contributed by atoms with Crippen LogP contribution < -0.4 is 0 Å². The third kappa shape index (κ3) is 5.63. The van der Waals surface area contributed by atoms with Crippen LogP contribution in [-0.2, 0) is 19.1 Å². The number of rotatable bonds is 16. The third-order valence-electron chi connectivity index (χ3n) is 7.65. The first-order chi connectivity index (χ1) is 17.0. The Morgan fingerprint density at radius 3 is 2.66 bits per heavy atom. The van der Waals surface area contributed by atoms with Gasteiger partial charge in [-0.15, -0.1) is 18.3 Å². The van der Waals surface area contributed by atoms with Gasteiger partial charge in [0, 0.05) is 31.5 Å². The second-order valence-electron chi connectivity index (χ2n) is 9.92. The minimum absolute atomic E-state index is 0.0104. The van der Waals surface area contributed by atoms with Crippen molar-refractivity contribution in [1.29, 1.82) is 0 Å². The number of nitrogens with zero attached hydrogens (tertiary/aromatic N) is 2. The first-order valence-electron chi connectivity index (χ1n) is 13.2. The van der Waals surface area contributed by atoms with E-state index in [0.29, 0.717) is 19.6 Å². The molecule has 35 heavy (non-hydrogen) atoms. The van der Waals surface area contributed by atoms with Gasteiger partial charge in [0.2, 0.25) is 11.8 Å². The first kappa shape index (κ1) is 27.8. The van der Waals surface area contributed by atoms with Crippen molar-refractivity contribution in [1.82, 2.24) is 9.80 Å². The van der Waals surface area contributed by atoms with E-state index in [2.05, 4.69) is 20.1 Å². The summed E-state index contributed by atoms with van der Waals surface area (Å²) in [7, 11) is 0. The summed E-state index contributed by atoms with van der Waals surface area (Å²) in [5.41, 5.74) is 0. The predicted molar refractivity (Wildman–Crippen MR) is 139 cm³/mol. The van der Waals surface area contributed by atoms with Gasteiger partial charge in [-0.05, 0) is 32.1 Å². The number of esters is 1. The van der Waals surface area contributed by atoms with E-state index in [0.717, 1.165) is 57.8 Å². The Morgan fingerprint density at radius 1 is 1.20 bits per heavy atom. The highest BCUT2D eigenvalue weighted by Gasteiger charge is 2.74. The monoisotopic (exact) mass is 506 g/mol. The zero-order valence-corrected chi connectivity index (χ0v) is 22.0. The molecule has 8 heteroatoms. The van der Waals surface area contributed by atoms with E-state index < -0.39 is 22.6 Å². The van der Waals surface area contributed by atoms with Crippen LogP contribution in [0.4, 0.5) is 0 Å². The number of hydrogen-bond acceptors (Lipinski definition) is 6. The number of fused-ring (bicyclic) bond motifs is 1. The Hall–Kier alpha value is -1.80. The average molecular weight is 507 g/mol. The smallest absolute Gasteiger partial charge is 0.311 e. The molecule has 3 saturated heterocycles. The first-order valence-corrected chi connectivity index (χ1v) is 14.1. The second kappa shape index (κ2) is 12.9. The van der Waals surface area contributed by atoms with Crippen molar-refractivity contribution in [3.63, 3.8) is 0 Å². The number of carbonyl (C=O) groups is 3. The molecular weight excluding hydrogens is 464 g/mol. The summed E-state index contributed by atoms with van der Waals surface area (Å²) in [5.74, 6) is -1.46. The van der Waals surface area contributed by atoms with E-state index >= 15 is 0 Å². The van der Waals surface area contributed by atoms with Crippen LogP contribution in [0.2, 0.25) is 0 Å². The van der Waals surface area contributed by atoms with E-state index in [1.165, 1.54) is 0 Å². The van der Waals surface area contributed by atoms with E-state index in [1.807, 2.05) is 4.90 Å². The molecule has 1 spiro atoms. The second-order valence-corrected chi connectivity index (χ2v) is 11.5. The Bertz CT molecular complexity index is 790. The van der Waals surface area contributed by atoms with E-state index in [9.17, 15) is 14.4 Å². The Labute approximate surface area is 214 Å². The van der Waals surface area contributed by atoms with Crippen molar-refractivity contribution in [3.05, 3.63) is 25.3 Å². The van der Waals surface area contributed by atoms with Crippen LogP contribution in [0.25, 0.3) is 0 Å². The molecule has 3 fully saturated rings. The number of thioether (sulfide) groups is 1. The fourth-order valence-corrected chi connectivity index (χ4v) is 8.30. The SMILES string of the molecule is C=CCOC(=O)[C@@H]1[C@H]2C(=O)N(CCCCCCO)C(C(=O)N(CC=C)CCCCC)C23CC[C@H]1S3. The molecule has 0 aliphatic carbocycles. The van der Waals surface area contributed by atoms with Crippen LogP contribution in [0.15, 0.2) is 25.3 Å². The molecule has 0 aromatic carbocycles.